The molecule has 0 bridgehead atoms. The van der Waals surface area contributed by atoms with Crippen molar-refractivity contribution in [3.8, 4) is 0 Å². The van der Waals surface area contributed by atoms with Gasteiger partial charge < -0.3 is 9.88 Å². The normalized spacial score (nSPS) is 21.8. The van der Waals surface area contributed by atoms with Gasteiger partial charge in [-0.05, 0) is 57.0 Å². The number of carbonyl (C=O) groups is 1. The lowest BCUT2D eigenvalue weighted by Gasteiger charge is -2.37. The van der Waals surface area contributed by atoms with Crippen molar-refractivity contribution in [3.63, 3.8) is 0 Å². The van der Waals surface area contributed by atoms with Crippen LogP contribution in [0, 0.1) is 5.82 Å². The van der Waals surface area contributed by atoms with Crippen molar-refractivity contribution < 1.29 is 9.18 Å². The summed E-state index contributed by atoms with van der Waals surface area (Å²) >= 11 is 0. The van der Waals surface area contributed by atoms with E-state index in [4.69, 9.17) is 0 Å². The number of H-pyrrole nitrogens is 1. The molecule has 2 aliphatic rings. The number of aromatic amines is 1. The zero-order chi connectivity index (χ0) is 17.4. The van der Waals surface area contributed by atoms with Gasteiger partial charge in [0.1, 0.15) is 5.82 Å². The molecule has 4 rings (SSSR count). The molecule has 3 heterocycles. The minimum Gasteiger partial charge on any atom is -0.337 e. The third-order valence-electron chi connectivity index (χ3n) is 5.38. The van der Waals surface area contributed by atoms with Crippen molar-refractivity contribution in [2.75, 3.05) is 26.2 Å². The molecule has 132 valence electrons. The SMILES string of the molecule is O=C(c1cc(=O)[nH]c2cc(F)ccc12)N1CCC[C@@H](N2CCCC2)C1. The third kappa shape index (κ3) is 3.18. The molecule has 2 aromatic rings. The van der Waals surface area contributed by atoms with Gasteiger partial charge in [-0.3, -0.25) is 14.5 Å². The summed E-state index contributed by atoms with van der Waals surface area (Å²) in [5.74, 6) is -0.563. The average molecular weight is 343 g/mol. The number of piperidine rings is 1. The quantitative estimate of drug-likeness (QED) is 0.911. The summed E-state index contributed by atoms with van der Waals surface area (Å²) in [4.78, 5) is 31.9. The number of hydrogen-bond acceptors (Lipinski definition) is 3. The van der Waals surface area contributed by atoms with Crippen molar-refractivity contribution in [1.29, 1.82) is 0 Å². The van der Waals surface area contributed by atoms with E-state index in [-0.39, 0.29) is 11.5 Å². The van der Waals surface area contributed by atoms with Crippen molar-refractivity contribution >= 4 is 16.8 Å². The summed E-state index contributed by atoms with van der Waals surface area (Å²) in [5.41, 5.74) is 0.347. The predicted molar refractivity (Wildman–Crippen MR) is 94.3 cm³/mol. The zero-order valence-electron chi connectivity index (χ0n) is 14.1. The van der Waals surface area contributed by atoms with E-state index in [9.17, 15) is 14.0 Å². The van der Waals surface area contributed by atoms with Crippen LogP contribution in [-0.2, 0) is 0 Å². The van der Waals surface area contributed by atoms with Crippen LogP contribution in [-0.4, -0.2) is 52.9 Å². The van der Waals surface area contributed by atoms with Gasteiger partial charge in [0.25, 0.3) is 5.91 Å². The Balaban J connectivity index is 1.64. The molecule has 6 heteroatoms. The Hall–Kier alpha value is -2.21. The van der Waals surface area contributed by atoms with Gasteiger partial charge in [0.2, 0.25) is 5.56 Å². The van der Waals surface area contributed by atoms with Gasteiger partial charge in [-0.2, -0.15) is 0 Å². The number of rotatable bonds is 2. The molecular formula is C19H22FN3O2. The molecule has 0 radical (unpaired) electrons. The fourth-order valence-corrected chi connectivity index (χ4v) is 4.12. The molecular weight excluding hydrogens is 321 g/mol. The minimum absolute atomic E-state index is 0.133. The number of halogens is 1. The Bertz CT molecular complexity index is 857. The van der Waals surface area contributed by atoms with E-state index in [0.717, 1.165) is 25.9 Å². The lowest BCUT2D eigenvalue weighted by atomic mass is 10.0. The molecule has 0 spiro atoms. The van der Waals surface area contributed by atoms with Crippen LogP contribution in [0.2, 0.25) is 0 Å². The molecule has 1 atom stereocenters. The largest absolute Gasteiger partial charge is 0.337 e. The highest BCUT2D eigenvalue weighted by molar-refractivity contribution is 6.06. The smallest absolute Gasteiger partial charge is 0.254 e. The van der Waals surface area contributed by atoms with Crippen LogP contribution in [0.1, 0.15) is 36.0 Å². The molecule has 1 aromatic carbocycles. The number of pyridine rings is 1. The van der Waals surface area contributed by atoms with Gasteiger partial charge in [0, 0.05) is 30.6 Å². The highest BCUT2D eigenvalue weighted by Gasteiger charge is 2.30. The molecule has 2 aliphatic heterocycles. The fraction of sp³-hybridized carbons (Fsp3) is 0.474. The average Bonchev–Trinajstić information content (AvgIpc) is 3.15. The molecule has 1 amide bonds. The first-order chi connectivity index (χ1) is 12.1. The highest BCUT2D eigenvalue weighted by atomic mass is 19.1. The molecule has 2 saturated heterocycles. The number of hydrogen-bond donors (Lipinski definition) is 1. The standard InChI is InChI=1S/C19H22FN3O2/c20-13-5-6-15-16(11-18(24)21-17(15)10-13)19(25)23-9-3-4-14(12-23)22-7-1-2-8-22/h5-6,10-11,14H,1-4,7-9,12H2,(H,21,24)/t14-/m1/s1. The molecule has 0 unspecified atom stereocenters. The number of nitrogens with zero attached hydrogens (tertiary/aromatic N) is 2. The lowest BCUT2D eigenvalue weighted by Crippen LogP contribution is -2.49. The van der Waals surface area contributed by atoms with Crippen molar-refractivity contribution in [3.05, 3.63) is 46.0 Å². The minimum atomic E-state index is -0.431. The van der Waals surface area contributed by atoms with Gasteiger partial charge in [-0.15, -0.1) is 0 Å². The second-order valence-electron chi connectivity index (χ2n) is 7.03. The summed E-state index contributed by atoms with van der Waals surface area (Å²) in [6.07, 6.45) is 4.55. The van der Waals surface area contributed by atoms with Gasteiger partial charge in [0.05, 0.1) is 11.1 Å². The van der Waals surface area contributed by atoms with E-state index in [0.29, 0.717) is 35.6 Å². The van der Waals surface area contributed by atoms with Crippen LogP contribution in [0.4, 0.5) is 4.39 Å². The van der Waals surface area contributed by atoms with Crippen molar-refractivity contribution in [2.24, 2.45) is 0 Å². The third-order valence-corrected chi connectivity index (χ3v) is 5.38. The molecule has 25 heavy (non-hydrogen) atoms. The number of likely N-dealkylation sites (tertiary alicyclic amines) is 2. The van der Waals surface area contributed by atoms with Gasteiger partial charge in [0.15, 0.2) is 0 Å². The Morgan fingerprint density at radius 3 is 2.72 bits per heavy atom. The molecule has 1 aromatic heterocycles. The van der Waals surface area contributed by atoms with Gasteiger partial charge in [-0.1, -0.05) is 0 Å². The number of carbonyl (C=O) groups excluding carboxylic acids is 1. The number of benzene rings is 1. The lowest BCUT2D eigenvalue weighted by molar-refractivity contribution is 0.0609. The predicted octanol–water partition coefficient (Wildman–Crippen LogP) is 2.37. The summed E-state index contributed by atoms with van der Waals surface area (Å²) in [7, 11) is 0. The Labute approximate surface area is 145 Å². The zero-order valence-corrected chi connectivity index (χ0v) is 14.1. The number of amides is 1. The number of fused-ring (bicyclic) bond motifs is 1. The highest BCUT2D eigenvalue weighted by Crippen LogP contribution is 2.23. The van der Waals surface area contributed by atoms with Crippen LogP contribution in [0.3, 0.4) is 0 Å². The maximum absolute atomic E-state index is 13.5. The van der Waals surface area contributed by atoms with Gasteiger partial charge >= 0.3 is 0 Å². The van der Waals surface area contributed by atoms with E-state index in [1.54, 1.807) is 6.07 Å². The van der Waals surface area contributed by atoms with Crippen LogP contribution < -0.4 is 5.56 Å². The Morgan fingerprint density at radius 1 is 1.12 bits per heavy atom. The molecule has 1 N–H and O–H groups in total. The monoisotopic (exact) mass is 343 g/mol. The van der Waals surface area contributed by atoms with Crippen molar-refractivity contribution in [1.82, 2.24) is 14.8 Å². The second kappa shape index (κ2) is 6.59. The summed E-state index contributed by atoms with van der Waals surface area (Å²) < 4.78 is 13.5. The van der Waals surface area contributed by atoms with Crippen molar-refractivity contribution in [2.45, 2.75) is 31.7 Å². The van der Waals surface area contributed by atoms with E-state index in [2.05, 4.69) is 9.88 Å². The van der Waals surface area contributed by atoms with Crippen LogP contribution in [0.5, 0.6) is 0 Å². The van der Waals surface area contributed by atoms with Gasteiger partial charge in [-0.25, -0.2) is 4.39 Å². The summed E-state index contributed by atoms with van der Waals surface area (Å²) in [6.45, 7) is 3.63. The fourth-order valence-electron chi connectivity index (χ4n) is 4.12. The maximum atomic E-state index is 13.5. The van der Waals surface area contributed by atoms with Crippen LogP contribution >= 0.6 is 0 Å². The topological polar surface area (TPSA) is 56.4 Å². The Kier molecular flexibility index (Phi) is 4.29. The summed E-state index contributed by atoms with van der Waals surface area (Å²) in [6, 6.07) is 5.89. The molecule has 0 aliphatic carbocycles. The van der Waals surface area contributed by atoms with Crippen LogP contribution in [0.25, 0.3) is 10.9 Å². The van der Waals surface area contributed by atoms with E-state index < -0.39 is 5.82 Å². The number of aromatic nitrogens is 1. The first kappa shape index (κ1) is 16.3. The molecule has 0 saturated carbocycles. The second-order valence-corrected chi connectivity index (χ2v) is 7.03. The molecule has 5 nitrogen and oxygen atoms in total. The van der Waals surface area contributed by atoms with E-state index in [1.165, 1.54) is 31.0 Å². The first-order valence-corrected chi connectivity index (χ1v) is 8.98. The maximum Gasteiger partial charge on any atom is 0.254 e. The van der Waals surface area contributed by atoms with Crippen LogP contribution in [0.15, 0.2) is 29.1 Å². The summed E-state index contributed by atoms with van der Waals surface area (Å²) in [5, 5.41) is 0.592. The first-order valence-electron chi connectivity index (χ1n) is 8.98. The number of nitrogens with one attached hydrogen (secondary N) is 1. The van der Waals surface area contributed by atoms with E-state index in [1.807, 2.05) is 4.90 Å². The molecule has 2 fully saturated rings. The Morgan fingerprint density at radius 2 is 1.92 bits per heavy atom. The van der Waals surface area contributed by atoms with E-state index >= 15 is 0 Å².